The second-order valence-electron chi connectivity index (χ2n) is 7.27. The van der Waals surface area contributed by atoms with Gasteiger partial charge in [0.2, 0.25) is 0 Å². The molecule has 0 aromatic heterocycles. The fourth-order valence-electron chi connectivity index (χ4n) is 4.50. The second kappa shape index (κ2) is 7.69. The standard InChI is InChI=1S/C17H30Cl2NP/c18-17(19)11-13-20(14-12-17)21(15-7-3-1-4-8-15)16-9-5-2-6-10-16/h15-16H,1-14H2. The summed E-state index contributed by atoms with van der Waals surface area (Å²) in [6.07, 6.45) is 16.7. The fourth-order valence-corrected chi connectivity index (χ4v) is 8.81. The molecular weight excluding hydrogens is 320 g/mol. The first kappa shape index (κ1) is 16.8. The zero-order valence-electron chi connectivity index (χ0n) is 13.2. The zero-order chi connectivity index (χ0) is 14.7. The van der Waals surface area contributed by atoms with Crippen LogP contribution in [-0.4, -0.2) is 33.4 Å². The minimum atomic E-state index is -0.448. The van der Waals surface area contributed by atoms with E-state index in [2.05, 4.69) is 4.67 Å². The topological polar surface area (TPSA) is 3.24 Å². The Morgan fingerprint density at radius 3 is 1.57 bits per heavy atom. The van der Waals surface area contributed by atoms with Gasteiger partial charge in [0.15, 0.2) is 0 Å². The first-order valence-corrected chi connectivity index (χ1v) is 11.3. The van der Waals surface area contributed by atoms with Gasteiger partial charge in [0.25, 0.3) is 0 Å². The van der Waals surface area contributed by atoms with E-state index in [1.54, 1.807) is 0 Å². The Hall–Kier alpha value is 0.970. The number of hydrogen-bond donors (Lipinski definition) is 0. The summed E-state index contributed by atoms with van der Waals surface area (Å²) in [5.41, 5.74) is 2.02. The molecule has 0 aromatic rings. The molecule has 2 aliphatic carbocycles. The lowest BCUT2D eigenvalue weighted by molar-refractivity contribution is 0.339. The van der Waals surface area contributed by atoms with Crippen molar-refractivity contribution in [2.24, 2.45) is 0 Å². The van der Waals surface area contributed by atoms with E-state index < -0.39 is 4.33 Å². The molecule has 3 rings (SSSR count). The van der Waals surface area contributed by atoms with Gasteiger partial charge in [0.1, 0.15) is 4.33 Å². The summed E-state index contributed by atoms with van der Waals surface area (Å²) in [7, 11) is 0.0595. The Morgan fingerprint density at radius 2 is 1.14 bits per heavy atom. The second-order valence-corrected chi connectivity index (χ2v) is 11.7. The molecule has 0 unspecified atom stereocenters. The normalized spacial score (nSPS) is 29.9. The number of hydrogen-bond acceptors (Lipinski definition) is 1. The van der Waals surface area contributed by atoms with Gasteiger partial charge in [-0.1, -0.05) is 38.5 Å². The van der Waals surface area contributed by atoms with Crippen molar-refractivity contribution in [3.63, 3.8) is 0 Å². The van der Waals surface area contributed by atoms with Crippen molar-refractivity contribution in [1.82, 2.24) is 4.67 Å². The molecular formula is C17H30Cl2NP. The van der Waals surface area contributed by atoms with Crippen molar-refractivity contribution in [1.29, 1.82) is 0 Å². The summed E-state index contributed by atoms with van der Waals surface area (Å²) >= 11 is 12.7. The average molecular weight is 350 g/mol. The highest BCUT2D eigenvalue weighted by molar-refractivity contribution is 7.56. The highest BCUT2D eigenvalue weighted by atomic mass is 35.5. The van der Waals surface area contributed by atoms with Gasteiger partial charge in [-0.15, -0.1) is 23.2 Å². The SMILES string of the molecule is ClC1(Cl)CCN(P(C2CCCCC2)C2CCCCC2)CC1. The molecule has 3 aliphatic rings. The highest BCUT2D eigenvalue weighted by Crippen LogP contribution is 2.59. The molecule has 0 aromatic carbocycles. The molecule has 0 radical (unpaired) electrons. The van der Waals surface area contributed by atoms with E-state index in [1.165, 1.54) is 64.2 Å². The van der Waals surface area contributed by atoms with E-state index in [-0.39, 0.29) is 8.07 Å². The van der Waals surface area contributed by atoms with Crippen LogP contribution in [0.1, 0.15) is 77.0 Å². The van der Waals surface area contributed by atoms with Crippen molar-refractivity contribution < 1.29 is 0 Å². The third-order valence-corrected chi connectivity index (χ3v) is 10.0. The van der Waals surface area contributed by atoms with Crippen LogP contribution < -0.4 is 0 Å². The largest absolute Gasteiger partial charge is 0.281 e. The van der Waals surface area contributed by atoms with Gasteiger partial charge in [-0.25, -0.2) is 0 Å². The highest BCUT2D eigenvalue weighted by Gasteiger charge is 2.39. The monoisotopic (exact) mass is 349 g/mol. The molecule has 3 fully saturated rings. The molecule has 1 saturated heterocycles. The number of piperidine rings is 1. The van der Waals surface area contributed by atoms with Crippen LogP contribution in [0, 0.1) is 0 Å². The third-order valence-electron chi connectivity index (χ3n) is 5.70. The first-order chi connectivity index (χ1) is 10.2. The Balaban J connectivity index is 1.68. The maximum Gasteiger partial charge on any atom is 0.120 e. The molecule has 0 spiro atoms. The van der Waals surface area contributed by atoms with Crippen molar-refractivity contribution in [3.8, 4) is 0 Å². The van der Waals surface area contributed by atoms with Crippen molar-refractivity contribution >= 4 is 31.3 Å². The maximum absolute atomic E-state index is 6.36. The Morgan fingerprint density at radius 1 is 0.714 bits per heavy atom. The van der Waals surface area contributed by atoms with Crippen LogP contribution in [0.15, 0.2) is 0 Å². The maximum atomic E-state index is 6.36. The lowest BCUT2D eigenvalue weighted by Crippen LogP contribution is -2.40. The van der Waals surface area contributed by atoms with E-state index in [4.69, 9.17) is 23.2 Å². The van der Waals surface area contributed by atoms with Gasteiger partial charge < -0.3 is 0 Å². The van der Waals surface area contributed by atoms with Crippen LogP contribution in [0.25, 0.3) is 0 Å². The van der Waals surface area contributed by atoms with Gasteiger partial charge in [0, 0.05) is 13.1 Å². The number of rotatable bonds is 3. The average Bonchev–Trinajstić information content (AvgIpc) is 2.51. The molecule has 1 nitrogen and oxygen atoms in total. The Kier molecular flexibility index (Phi) is 6.16. The summed E-state index contributed by atoms with van der Waals surface area (Å²) in [6, 6.07) is 0. The van der Waals surface area contributed by atoms with Crippen molar-refractivity contribution in [3.05, 3.63) is 0 Å². The van der Waals surface area contributed by atoms with E-state index in [0.717, 1.165) is 37.2 Å². The van der Waals surface area contributed by atoms with E-state index in [1.807, 2.05) is 0 Å². The molecule has 0 amide bonds. The molecule has 21 heavy (non-hydrogen) atoms. The number of halogens is 2. The third kappa shape index (κ3) is 4.50. The summed E-state index contributed by atoms with van der Waals surface area (Å²) in [5, 5.41) is 0. The van der Waals surface area contributed by atoms with Crippen LogP contribution in [0.3, 0.4) is 0 Å². The predicted molar refractivity (Wildman–Crippen MR) is 95.9 cm³/mol. The first-order valence-electron chi connectivity index (χ1n) is 9.07. The molecule has 0 bridgehead atoms. The van der Waals surface area contributed by atoms with Crippen LogP contribution in [0.2, 0.25) is 0 Å². The smallest absolute Gasteiger partial charge is 0.120 e. The summed E-state index contributed by atoms with van der Waals surface area (Å²) in [5.74, 6) is 0. The fraction of sp³-hybridized carbons (Fsp3) is 1.00. The summed E-state index contributed by atoms with van der Waals surface area (Å²) in [6.45, 7) is 2.29. The van der Waals surface area contributed by atoms with Gasteiger partial charge in [0.05, 0.1) is 0 Å². The van der Waals surface area contributed by atoms with Crippen LogP contribution in [0.4, 0.5) is 0 Å². The Bertz CT molecular complexity index is 297. The van der Waals surface area contributed by atoms with Crippen molar-refractivity contribution in [2.45, 2.75) is 92.7 Å². The molecule has 2 saturated carbocycles. The molecule has 0 atom stereocenters. The van der Waals surface area contributed by atoms with Gasteiger partial charge >= 0.3 is 0 Å². The molecule has 4 heteroatoms. The van der Waals surface area contributed by atoms with Gasteiger partial charge in [-0.3, -0.25) is 4.67 Å². The van der Waals surface area contributed by atoms with Crippen LogP contribution >= 0.6 is 31.3 Å². The minimum Gasteiger partial charge on any atom is -0.281 e. The lowest BCUT2D eigenvalue weighted by atomic mass is 9.99. The summed E-state index contributed by atoms with van der Waals surface area (Å²) < 4.78 is 2.40. The van der Waals surface area contributed by atoms with Crippen LogP contribution in [0.5, 0.6) is 0 Å². The van der Waals surface area contributed by atoms with E-state index >= 15 is 0 Å². The van der Waals surface area contributed by atoms with E-state index in [9.17, 15) is 0 Å². The minimum absolute atomic E-state index is 0.0595. The van der Waals surface area contributed by atoms with Gasteiger partial charge in [-0.05, 0) is 57.9 Å². The quantitative estimate of drug-likeness (QED) is 0.425. The zero-order valence-corrected chi connectivity index (χ0v) is 15.6. The molecule has 1 heterocycles. The predicted octanol–water partition coefficient (Wildman–Crippen LogP) is 6.32. The van der Waals surface area contributed by atoms with Crippen LogP contribution in [-0.2, 0) is 0 Å². The molecule has 1 aliphatic heterocycles. The van der Waals surface area contributed by atoms with E-state index in [0.29, 0.717) is 0 Å². The Labute approximate surface area is 141 Å². The van der Waals surface area contributed by atoms with Gasteiger partial charge in [-0.2, -0.15) is 0 Å². The van der Waals surface area contributed by atoms with Crippen molar-refractivity contribution in [2.75, 3.05) is 13.1 Å². The number of nitrogens with zero attached hydrogens (tertiary/aromatic N) is 1. The molecule has 0 N–H and O–H groups in total. The number of alkyl halides is 2. The summed E-state index contributed by atoms with van der Waals surface area (Å²) in [4.78, 5) is 0. The molecule has 122 valence electrons. The lowest BCUT2D eigenvalue weighted by Gasteiger charge is -2.47.